The number of hydrogen-bond acceptors (Lipinski definition) is 7. The second-order valence-corrected chi connectivity index (χ2v) is 9.00. The highest BCUT2D eigenvalue weighted by atomic mass is 16.5. The van der Waals surface area contributed by atoms with Gasteiger partial charge in [-0.3, -0.25) is 9.59 Å². The first-order valence-corrected chi connectivity index (χ1v) is 13.6. The Morgan fingerprint density at radius 2 is 1.57 bits per heavy atom. The van der Waals surface area contributed by atoms with Crippen molar-refractivity contribution in [3.8, 4) is 28.7 Å². The van der Waals surface area contributed by atoms with Crippen molar-refractivity contribution in [2.24, 2.45) is 0 Å². The topological polar surface area (TPSA) is 95.6 Å². The normalized spacial score (nSPS) is 14.2. The highest BCUT2D eigenvalue weighted by Crippen LogP contribution is 2.40. The maximum Gasteiger partial charge on any atom is 0.267 e. The maximum atomic E-state index is 13.3. The monoisotopic (exact) mass is 548 g/mol. The Kier molecular flexibility index (Phi) is 9.72. The van der Waals surface area contributed by atoms with E-state index in [0.717, 1.165) is 5.75 Å². The van der Waals surface area contributed by atoms with Gasteiger partial charge in [0.25, 0.3) is 11.8 Å². The number of anilines is 2. The summed E-state index contributed by atoms with van der Waals surface area (Å²) in [4.78, 5) is 28.0. The summed E-state index contributed by atoms with van der Waals surface area (Å²) in [7, 11) is 0. The van der Waals surface area contributed by atoms with Crippen LogP contribution in [0.2, 0.25) is 0 Å². The summed E-state index contributed by atoms with van der Waals surface area (Å²) < 4.78 is 28.9. The third kappa shape index (κ3) is 6.77. The van der Waals surface area contributed by atoms with E-state index in [1.807, 2.05) is 51.1 Å². The van der Waals surface area contributed by atoms with Gasteiger partial charge in [0, 0.05) is 17.8 Å². The van der Waals surface area contributed by atoms with Crippen LogP contribution in [0.4, 0.5) is 11.4 Å². The summed E-state index contributed by atoms with van der Waals surface area (Å²) in [5.41, 5.74) is 1.46. The Bertz CT molecular complexity index is 1290. The van der Waals surface area contributed by atoms with Crippen LogP contribution in [-0.4, -0.2) is 50.9 Å². The van der Waals surface area contributed by atoms with Gasteiger partial charge >= 0.3 is 0 Å². The predicted molar refractivity (Wildman–Crippen MR) is 153 cm³/mol. The molecule has 1 heterocycles. The van der Waals surface area contributed by atoms with Gasteiger partial charge in [-0.15, -0.1) is 0 Å². The van der Waals surface area contributed by atoms with Crippen molar-refractivity contribution in [3.63, 3.8) is 0 Å². The molecule has 1 unspecified atom stereocenters. The van der Waals surface area contributed by atoms with E-state index in [9.17, 15) is 9.59 Å². The molecule has 0 spiro atoms. The van der Waals surface area contributed by atoms with E-state index in [2.05, 4.69) is 5.32 Å². The fourth-order valence-corrected chi connectivity index (χ4v) is 4.37. The Hall–Kier alpha value is -4.40. The fourth-order valence-electron chi connectivity index (χ4n) is 4.37. The number of ether oxygens (including phenoxy) is 5. The minimum absolute atomic E-state index is 0.148. The average molecular weight is 549 g/mol. The zero-order valence-electron chi connectivity index (χ0n) is 23.4. The molecule has 3 aromatic carbocycles. The van der Waals surface area contributed by atoms with Crippen molar-refractivity contribution < 1.29 is 33.3 Å². The SMILES string of the molecule is CCOc1cc(C(=O)Nc2ccc3c(c2)N(CCCOc2ccccc2)C(=O)C(C)O3)cc(OCC)c1OCC. The van der Waals surface area contributed by atoms with E-state index in [-0.39, 0.29) is 11.8 Å². The molecule has 2 amide bonds. The summed E-state index contributed by atoms with van der Waals surface area (Å²) in [5.74, 6) is 2.18. The molecule has 1 atom stereocenters. The molecule has 9 nitrogen and oxygen atoms in total. The van der Waals surface area contributed by atoms with Crippen molar-refractivity contribution in [2.75, 3.05) is 43.2 Å². The largest absolute Gasteiger partial charge is 0.494 e. The van der Waals surface area contributed by atoms with E-state index < -0.39 is 6.10 Å². The predicted octanol–water partition coefficient (Wildman–Crippen LogP) is 5.72. The highest BCUT2D eigenvalue weighted by molar-refractivity contribution is 6.06. The van der Waals surface area contributed by atoms with Crippen LogP contribution in [0, 0.1) is 0 Å². The lowest BCUT2D eigenvalue weighted by atomic mass is 10.1. The first kappa shape index (κ1) is 28.6. The van der Waals surface area contributed by atoms with Crippen LogP contribution in [0.25, 0.3) is 0 Å². The number of fused-ring (bicyclic) bond motifs is 1. The molecule has 0 aromatic heterocycles. The zero-order chi connectivity index (χ0) is 28.5. The molecule has 0 fully saturated rings. The van der Waals surface area contributed by atoms with E-state index in [4.69, 9.17) is 23.7 Å². The Morgan fingerprint density at radius 1 is 0.900 bits per heavy atom. The van der Waals surface area contributed by atoms with Crippen LogP contribution in [0.1, 0.15) is 44.5 Å². The average Bonchev–Trinajstić information content (AvgIpc) is 2.95. The summed E-state index contributed by atoms with van der Waals surface area (Å²) in [5, 5.41) is 2.92. The van der Waals surface area contributed by atoms with Gasteiger partial charge in [-0.2, -0.15) is 0 Å². The van der Waals surface area contributed by atoms with Gasteiger partial charge in [0.1, 0.15) is 11.5 Å². The van der Waals surface area contributed by atoms with Crippen LogP contribution in [-0.2, 0) is 4.79 Å². The molecule has 0 bridgehead atoms. The van der Waals surface area contributed by atoms with Crippen LogP contribution in [0.3, 0.4) is 0 Å². The number of carbonyl (C=O) groups excluding carboxylic acids is 2. The molecular formula is C31H36N2O7. The van der Waals surface area contributed by atoms with Crippen LogP contribution >= 0.6 is 0 Å². The second kappa shape index (κ2) is 13.6. The standard InChI is InChI=1S/C31H36N2O7/c1-5-36-27-18-22(19-28(37-6-2)29(27)38-7-3)30(34)32-23-14-15-26-25(20-23)33(31(35)21(4)40-26)16-11-17-39-24-12-9-8-10-13-24/h8-10,12-15,18-21H,5-7,11,16-17H2,1-4H3,(H,32,34). The van der Waals surface area contributed by atoms with Gasteiger partial charge < -0.3 is 33.9 Å². The molecule has 1 N–H and O–H groups in total. The number of nitrogens with zero attached hydrogens (tertiary/aromatic N) is 1. The minimum atomic E-state index is -0.610. The van der Waals surface area contributed by atoms with Crippen LogP contribution in [0.5, 0.6) is 28.7 Å². The molecule has 0 saturated carbocycles. The lowest BCUT2D eigenvalue weighted by Gasteiger charge is -2.33. The summed E-state index contributed by atoms with van der Waals surface area (Å²) in [6, 6.07) is 18.1. The van der Waals surface area contributed by atoms with Gasteiger partial charge in [0.2, 0.25) is 5.75 Å². The van der Waals surface area contributed by atoms with Gasteiger partial charge in [-0.25, -0.2) is 0 Å². The fraction of sp³-hybridized carbons (Fsp3) is 0.355. The number of para-hydroxylation sites is 1. The van der Waals surface area contributed by atoms with Crippen molar-refractivity contribution in [1.82, 2.24) is 0 Å². The van der Waals surface area contributed by atoms with E-state index in [1.54, 1.807) is 42.2 Å². The number of nitrogens with one attached hydrogen (secondary N) is 1. The highest BCUT2D eigenvalue weighted by Gasteiger charge is 2.31. The first-order chi connectivity index (χ1) is 19.4. The van der Waals surface area contributed by atoms with Crippen molar-refractivity contribution in [3.05, 3.63) is 66.2 Å². The summed E-state index contributed by atoms with van der Waals surface area (Å²) in [6.45, 7) is 9.45. The number of hydrogen-bond donors (Lipinski definition) is 1. The second-order valence-electron chi connectivity index (χ2n) is 9.00. The lowest BCUT2D eigenvalue weighted by Crippen LogP contribution is -2.45. The van der Waals surface area contributed by atoms with Gasteiger partial charge in [-0.1, -0.05) is 18.2 Å². The molecule has 0 radical (unpaired) electrons. The molecule has 9 heteroatoms. The zero-order valence-corrected chi connectivity index (χ0v) is 23.4. The molecule has 4 rings (SSSR count). The number of carbonyl (C=O) groups is 2. The van der Waals surface area contributed by atoms with E-state index >= 15 is 0 Å². The Balaban J connectivity index is 1.52. The Morgan fingerprint density at radius 3 is 2.23 bits per heavy atom. The third-order valence-corrected chi connectivity index (χ3v) is 6.13. The van der Waals surface area contributed by atoms with E-state index in [0.29, 0.717) is 79.3 Å². The first-order valence-electron chi connectivity index (χ1n) is 13.6. The maximum absolute atomic E-state index is 13.3. The van der Waals surface area contributed by atoms with Crippen molar-refractivity contribution >= 4 is 23.2 Å². The van der Waals surface area contributed by atoms with Gasteiger partial charge in [-0.05, 0) is 76.6 Å². The van der Waals surface area contributed by atoms with Gasteiger partial charge in [0.05, 0.1) is 32.1 Å². The van der Waals surface area contributed by atoms with E-state index in [1.165, 1.54) is 0 Å². The quantitative estimate of drug-likeness (QED) is 0.273. The lowest BCUT2D eigenvalue weighted by molar-refractivity contribution is -0.125. The van der Waals surface area contributed by atoms with Crippen molar-refractivity contribution in [2.45, 2.75) is 40.2 Å². The molecule has 1 aliphatic heterocycles. The number of rotatable bonds is 13. The Labute approximate surface area is 234 Å². The minimum Gasteiger partial charge on any atom is -0.494 e. The van der Waals surface area contributed by atoms with Crippen molar-refractivity contribution in [1.29, 1.82) is 0 Å². The molecule has 0 aliphatic carbocycles. The third-order valence-electron chi connectivity index (χ3n) is 6.13. The molecule has 0 saturated heterocycles. The molecule has 1 aliphatic rings. The van der Waals surface area contributed by atoms with Crippen LogP contribution in [0.15, 0.2) is 60.7 Å². The molecule has 212 valence electrons. The van der Waals surface area contributed by atoms with Crippen LogP contribution < -0.4 is 33.9 Å². The smallest absolute Gasteiger partial charge is 0.267 e. The molecule has 40 heavy (non-hydrogen) atoms. The number of benzene rings is 3. The van der Waals surface area contributed by atoms with Gasteiger partial charge in [0.15, 0.2) is 17.6 Å². The molecule has 3 aromatic rings. The summed E-state index contributed by atoms with van der Waals surface area (Å²) in [6.07, 6.45) is 0.0106. The summed E-state index contributed by atoms with van der Waals surface area (Å²) >= 11 is 0. The molecular weight excluding hydrogens is 512 g/mol. The number of amides is 2.